The monoisotopic (exact) mass is 297 g/mol. The number of nitrogens with one attached hydrogen (secondary N) is 1. The Labute approximate surface area is 121 Å². The molecule has 0 aliphatic heterocycles. The lowest BCUT2D eigenvalue weighted by Gasteiger charge is -2.36. The average molecular weight is 297 g/mol. The third kappa shape index (κ3) is 2.82. The normalized spacial score (nSPS) is 26.2. The molecule has 0 aromatic carbocycles. The van der Waals surface area contributed by atoms with Gasteiger partial charge in [0.15, 0.2) is 0 Å². The molecule has 2 rings (SSSR count). The third-order valence-electron chi connectivity index (χ3n) is 3.86. The van der Waals surface area contributed by atoms with E-state index in [1.165, 1.54) is 0 Å². The van der Waals surface area contributed by atoms with Crippen LogP contribution < -0.4 is 5.32 Å². The van der Waals surface area contributed by atoms with Crippen molar-refractivity contribution < 1.29 is 14.7 Å². The van der Waals surface area contributed by atoms with Gasteiger partial charge < -0.3 is 10.4 Å². The molecule has 0 bridgehead atoms. The molecule has 1 aliphatic rings. The summed E-state index contributed by atoms with van der Waals surface area (Å²) in [5.41, 5.74) is -0.527. The van der Waals surface area contributed by atoms with Gasteiger partial charge in [0, 0.05) is 0 Å². The number of carboxylic acid groups (broad SMARTS) is 1. The molecule has 1 aromatic rings. The molecule has 0 spiro atoms. The lowest BCUT2D eigenvalue weighted by Crippen LogP contribution is -2.56. The maximum Gasteiger partial charge on any atom is 0.329 e. The molecule has 20 heavy (non-hydrogen) atoms. The summed E-state index contributed by atoms with van der Waals surface area (Å²) < 4.78 is 3.77. The summed E-state index contributed by atoms with van der Waals surface area (Å²) in [6.07, 6.45) is 3.38. The van der Waals surface area contributed by atoms with Crippen LogP contribution in [0.15, 0.2) is 0 Å². The van der Waals surface area contributed by atoms with Gasteiger partial charge in [0.25, 0.3) is 5.91 Å². The van der Waals surface area contributed by atoms with Crippen LogP contribution in [0, 0.1) is 5.92 Å². The van der Waals surface area contributed by atoms with Crippen LogP contribution in [-0.2, 0) is 11.2 Å². The molecule has 7 heteroatoms. The van der Waals surface area contributed by atoms with Crippen molar-refractivity contribution in [3.05, 3.63) is 10.6 Å². The number of rotatable bonds is 4. The standard InChI is InChI=1S/C13H19N3O3S/c1-3-9-10(20-16-15-9)11(17)14-13(12(18)19)6-4-5-8(2)7-13/h8H,3-7H2,1-2H3,(H,14,17)(H,18,19). The van der Waals surface area contributed by atoms with E-state index >= 15 is 0 Å². The van der Waals surface area contributed by atoms with Crippen LogP contribution in [0.1, 0.15) is 54.9 Å². The summed E-state index contributed by atoms with van der Waals surface area (Å²) in [7, 11) is 0. The van der Waals surface area contributed by atoms with E-state index in [1.807, 2.05) is 13.8 Å². The van der Waals surface area contributed by atoms with Crippen molar-refractivity contribution in [1.82, 2.24) is 14.9 Å². The topological polar surface area (TPSA) is 92.2 Å². The molecule has 1 fully saturated rings. The highest BCUT2D eigenvalue weighted by Crippen LogP contribution is 2.33. The SMILES string of the molecule is CCc1nnsc1C(=O)NC1(C(=O)O)CCCC(C)C1. The molecule has 1 aliphatic carbocycles. The van der Waals surface area contributed by atoms with Crippen molar-refractivity contribution in [3.63, 3.8) is 0 Å². The van der Waals surface area contributed by atoms with Gasteiger partial charge in [0.1, 0.15) is 10.4 Å². The van der Waals surface area contributed by atoms with E-state index in [1.54, 1.807) is 0 Å². The lowest BCUT2D eigenvalue weighted by molar-refractivity contribution is -0.146. The minimum Gasteiger partial charge on any atom is -0.480 e. The average Bonchev–Trinajstić information content (AvgIpc) is 2.86. The molecular formula is C13H19N3O3S. The third-order valence-corrected chi connectivity index (χ3v) is 4.62. The van der Waals surface area contributed by atoms with Gasteiger partial charge >= 0.3 is 5.97 Å². The number of aryl methyl sites for hydroxylation is 1. The van der Waals surface area contributed by atoms with Gasteiger partial charge in [-0.15, -0.1) is 5.10 Å². The Bertz CT molecular complexity index is 517. The molecular weight excluding hydrogens is 278 g/mol. The number of carboxylic acids is 1. The number of carbonyl (C=O) groups is 2. The number of hydrogen-bond donors (Lipinski definition) is 2. The Morgan fingerprint density at radius 2 is 2.30 bits per heavy atom. The molecule has 0 saturated heterocycles. The van der Waals surface area contributed by atoms with Gasteiger partial charge in [-0.2, -0.15) is 0 Å². The van der Waals surface area contributed by atoms with Crippen molar-refractivity contribution in [2.24, 2.45) is 5.92 Å². The highest BCUT2D eigenvalue weighted by atomic mass is 32.1. The Balaban J connectivity index is 2.20. The fourth-order valence-electron chi connectivity index (χ4n) is 2.80. The number of carbonyl (C=O) groups excluding carboxylic acids is 1. The van der Waals surface area contributed by atoms with Crippen LogP contribution in [-0.4, -0.2) is 32.1 Å². The van der Waals surface area contributed by atoms with Crippen molar-refractivity contribution in [2.75, 3.05) is 0 Å². The van der Waals surface area contributed by atoms with Gasteiger partial charge in [-0.3, -0.25) is 4.79 Å². The summed E-state index contributed by atoms with van der Waals surface area (Å²) in [6.45, 7) is 3.91. The minimum atomic E-state index is -1.15. The molecule has 0 radical (unpaired) electrons. The van der Waals surface area contributed by atoms with E-state index < -0.39 is 11.5 Å². The highest BCUT2D eigenvalue weighted by Gasteiger charge is 2.43. The first-order valence-electron chi connectivity index (χ1n) is 6.85. The second-order valence-corrected chi connectivity index (χ2v) is 6.20. The predicted molar refractivity (Wildman–Crippen MR) is 74.8 cm³/mol. The number of amides is 1. The summed E-state index contributed by atoms with van der Waals surface area (Å²) in [6, 6.07) is 0. The molecule has 1 aromatic heterocycles. The Kier molecular flexibility index (Phi) is 4.37. The van der Waals surface area contributed by atoms with Gasteiger partial charge in [-0.05, 0) is 36.7 Å². The van der Waals surface area contributed by atoms with Crippen molar-refractivity contribution >= 4 is 23.4 Å². The number of nitrogens with zero attached hydrogens (tertiary/aromatic N) is 2. The van der Waals surface area contributed by atoms with E-state index in [9.17, 15) is 14.7 Å². The van der Waals surface area contributed by atoms with E-state index in [2.05, 4.69) is 14.9 Å². The predicted octanol–water partition coefficient (Wildman–Crippen LogP) is 1.86. The molecule has 2 atom stereocenters. The van der Waals surface area contributed by atoms with Crippen LogP contribution in [0.25, 0.3) is 0 Å². The molecule has 6 nitrogen and oxygen atoms in total. The summed E-state index contributed by atoms with van der Waals surface area (Å²) in [5.74, 6) is -1.02. The van der Waals surface area contributed by atoms with Gasteiger partial charge in [-0.1, -0.05) is 31.2 Å². The van der Waals surface area contributed by atoms with E-state index in [-0.39, 0.29) is 5.91 Å². The van der Waals surface area contributed by atoms with Gasteiger partial charge in [0.2, 0.25) is 0 Å². The summed E-state index contributed by atoms with van der Waals surface area (Å²) >= 11 is 1.02. The largest absolute Gasteiger partial charge is 0.480 e. The van der Waals surface area contributed by atoms with Crippen LogP contribution in [0.5, 0.6) is 0 Å². The van der Waals surface area contributed by atoms with Crippen LogP contribution in [0.2, 0.25) is 0 Å². The second kappa shape index (κ2) is 5.87. The molecule has 1 heterocycles. The number of hydrogen-bond acceptors (Lipinski definition) is 5. The number of aliphatic carboxylic acids is 1. The molecule has 110 valence electrons. The zero-order chi connectivity index (χ0) is 14.8. The maximum atomic E-state index is 12.3. The lowest BCUT2D eigenvalue weighted by atomic mass is 9.76. The molecule has 2 N–H and O–H groups in total. The van der Waals surface area contributed by atoms with Crippen LogP contribution >= 0.6 is 11.5 Å². The van der Waals surface area contributed by atoms with Gasteiger partial charge in [-0.25, -0.2) is 4.79 Å². The van der Waals surface area contributed by atoms with Crippen LogP contribution in [0.3, 0.4) is 0 Å². The Morgan fingerprint density at radius 3 is 2.90 bits per heavy atom. The van der Waals surface area contributed by atoms with Crippen molar-refractivity contribution in [1.29, 1.82) is 0 Å². The quantitative estimate of drug-likeness (QED) is 0.885. The van der Waals surface area contributed by atoms with Crippen molar-refractivity contribution in [2.45, 2.75) is 51.5 Å². The summed E-state index contributed by atoms with van der Waals surface area (Å²) in [4.78, 5) is 24.4. The fourth-order valence-corrected chi connectivity index (χ4v) is 3.44. The second-order valence-electron chi connectivity index (χ2n) is 5.45. The zero-order valence-electron chi connectivity index (χ0n) is 11.7. The maximum absolute atomic E-state index is 12.3. The number of aromatic nitrogens is 2. The molecule has 2 unspecified atom stereocenters. The fraction of sp³-hybridized carbons (Fsp3) is 0.692. The van der Waals surface area contributed by atoms with E-state index in [4.69, 9.17) is 0 Å². The minimum absolute atomic E-state index is 0.297. The Morgan fingerprint density at radius 1 is 1.55 bits per heavy atom. The highest BCUT2D eigenvalue weighted by molar-refractivity contribution is 7.08. The summed E-state index contributed by atoms with van der Waals surface area (Å²) in [5, 5.41) is 16.2. The van der Waals surface area contributed by atoms with Gasteiger partial charge in [0.05, 0.1) is 5.69 Å². The molecule has 1 amide bonds. The Hall–Kier alpha value is -1.50. The van der Waals surface area contributed by atoms with E-state index in [0.29, 0.717) is 35.8 Å². The first kappa shape index (κ1) is 14.9. The van der Waals surface area contributed by atoms with Crippen molar-refractivity contribution in [3.8, 4) is 0 Å². The first-order chi connectivity index (χ1) is 9.48. The van der Waals surface area contributed by atoms with E-state index in [0.717, 1.165) is 24.4 Å². The van der Waals surface area contributed by atoms with Crippen LogP contribution in [0.4, 0.5) is 0 Å². The zero-order valence-corrected chi connectivity index (χ0v) is 12.5. The first-order valence-corrected chi connectivity index (χ1v) is 7.63. The smallest absolute Gasteiger partial charge is 0.329 e. The molecule has 1 saturated carbocycles.